The second kappa shape index (κ2) is 5.17. The van der Waals surface area contributed by atoms with E-state index in [2.05, 4.69) is 13.8 Å². The van der Waals surface area contributed by atoms with Crippen molar-refractivity contribution < 1.29 is 10.2 Å². The molecule has 4 fully saturated rings. The second-order valence-corrected chi connectivity index (χ2v) is 9.72. The number of hydrogen-bond donors (Lipinski definition) is 4. The van der Waals surface area contributed by atoms with Gasteiger partial charge in [-0.25, -0.2) is 0 Å². The average molecular weight is 322 g/mol. The highest BCUT2D eigenvalue weighted by Crippen LogP contribution is 2.65. The third-order valence-electron chi connectivity index (χ3n) is 8.81. The fourth-order valence-electron chi connectivity index (χ4n) is 7.42. The average Bonchev–Trinajstić information content (AvgIpc) is 2.73. The summed E-state index contributed by atoms with van der Waals surface area (Å²) in [4.78, 5) is 0. The summed E-state index contributed by atoms with van der Waals surface area (Å²) < 4.78 is 0. The predicted octanol–water partition coefficient (Wildman–Crippen LogP) is 1.63. The Balaban J connectivity index is 1.64. The lowest BCUT2D eigenvalue weighted by atomic mass is 9.44. The Labute approximate surface area is 140 Å². The molecule has 4 aliphatic carbocycles. The molecule has 4 rings (SSSR count). The van der Waals surface area contributed by atoms with Gasteiger partial charge in [0.1, 0.15) is 0 Å². The quantitative estimate of drug-likeness (QED) is 0.545. The van der Waals surface area contributed by atoms with Crippen LogP contribution in [0.25, 0.3) is 0 Å². The number of nitrogens with two attached hydrogens (primary N) is 2. The molecule has 10 atom stereocenters. The molecule has 0 radical (unpaired) electrons. The molecule has 4 heteroatoms. The number of rotatable bonds is 0. The van der Waals surface area contributed by atoms with E-state index in [0.717, 1.165) is 25.7 Å². The number of aliphatic hydroxyl groups excluding tert-OH is 2. The molecule has 0 amide bonds. The smallest absolute Gasteiger partial charge is 0.0747 e. The first-order chi connectivity index (χ1) is 10.8. The summed E-state index contributed by atoms with van der Waals surface area (Å²) in [5, 5.41) is 20.9. The largest absolute Gasteiger partial charge is 0.392 e. The van der Waals surface area contributed by atoms with E-state index in [1.54, 1.807) is 0 Å². The normalized spacial score (nSPS) is 62.3. The van der Waals surface area contributed by atoms with Gasteiger partial charge in [0.05, 0.1) is 12.2 Å². The Bertz CT molecular complexity index is 486. The highest BCUT2D eigenvalue weighted by atomic mass is 16.3. The predicted molar refractivity (Wildman–Crippen MR) is 90.5 cm³/mol. The molecule has 0 aromatic rings. The van der Waals surface area contributed by atoms with Gasteiger partial charge in [-0.3, -0.25) is 0 Å². The van der Waals surface area contributed by atoms with Crippen LogP contribution < -0.4 is 11.5 Å². The van der Waals surface area contributed by atoms with Gasteiger partial charge in [-0.1, -0.05) is 13.8 Å². The Morgan fingerprint density at radius 2 is 1.61 bits per heavy atom. The minimum Gasteiger partial charge on any atom is -0.392 e. The van der Waals surface area contributed by atoms with Gasteiger partial charge in [0.2, 0.25) is 0 Å². The summed E-state index contributed by atoms with van der Waals surface area (Å²) >= 11 is 0. The summed E-state index contributed by atoms with van der Waals surface area (Å²) in [5.74, 6) is 2.55. The maximum atomic E-state index is 10.6. The lowest BCUT2D eigenvalue weighted by Gasteiger charge is -2.61. The van der Waals surface area contributed by atoms with Gasteiger partial charge in [-0.05, 0) is 79.4 Å². The van der Waals surface area contributed by atoms with Gasteiger partial charge in [0, 0.05) is 12.1 Å². The lowest BCUT2D eigenvalue weighted by Crippen LogP contribution is -2.58. The lowest BCUT2D eigenvalue weighted by molar-refractivity contribution is -0.138. The molecular weight excluding hydrogens is 288 g/mol. The van der Waals surface area contributed by atoms with Crippen molar-refractivity contribution in [3.8, 4) is 0 Å². The van der Waals surface area contributed by atoms with E-state index < -0.39 is 0 Å². The molecule has 132 valence electrons. The van der Waals surface area contributed by atoms with Gasteiger partial charge >= 0.3 is 0 Å². The van der Waals surface area contributed by atoms with Crippen molar-refractivity contribution in [1.29, 1.82) is 0 Å². The molecule has 0 aliphatic heterocycles. The van der Waals surface area contributed by atoms with Crippen molar-refractivity contribution in [3.63, 3.8) is 0 Å². The van der Waals surface area contributed by atoms with Crippen LogP contribution in [0, 0.1) is 34.5 Å². The molecule has 0 aromatic heterocycles. The van der Waals surface area contributed by atoms with E-state index in [0.29, 0.717) is 23.7 Å². The van der Waals surface area contributed by atoms with Crippen molar-refractivity contribution in [1.82, 2.24) is 0 Å². The van der Waals surface area contributed by atoms with Gasteiger partial charge in [0.15, 0.2) is 0 Å². The summed E-state index contributed by atoms with van der Waals surface area (Å²) in [6, 6.07) is -0.121. The van der Waals surface area contributed by atoms with Crippen LogP contribution in [-0.2, 0) is 0 Å². The summed E-state index contributed by atoms with van der Waals surface area (Å²) in [5.41, 5.74) is 12.8. The van der Waals surface area contributed by atoms with Crippen LogP contribution in [0.2, 0.25) is 0 Å². The molecule has 4 nitrogen and oxygen atoms in total. The fraction of sp³-hybridized carbons (Fsp3) is 1.00. The number of hydrogen-bond acceptors (Lipinski definition) is 4. The first-order valence-corrected chi connectivity index (χ1v) is 9.64. The summed E-state index contributed by atoms with van der Waals surface area (Å²) in [7, 11) is 0. The van der Waals surface area contributed by atoms with Crippen LogP contribution in [0.4, 0.5) is 0 Å². The molecule has 0 bridgehead atoms. The molecule has 4 aliphatic rings. The zero-order valence-corrected chi connectivity index (χ0v) is 14.6. The maximum Gasteiger partial charge on any atom is 0.0747 e. The van der Waals surface area contributed by atoms with E-state index in [9.17, 15) is 10.2 Å². The van der Waals surface area contributed by atoms with Crippen LogP contribution in [0.5, 0.6) is 0 Å². The van der Waals surface area contributed by atoms with Crippen molar-refractivity contribution in [2.45, 2.75) is 83.1 Å². The highest BCUT2D eigenvalue weighted by Gasteiger charge is 2.62. The molecule has 2 unspecified atom stereocenters. The minimum absolute atomic E-state index is 0.0140. The second-order valence-electron chi connectivity index (χ2n) is 9.72. The Morgan fingerprint density at radius 3 is 2.35 bits per heavy atom. The SMILES string of the molecule is C[C@]12C[C@H](N)[C@@H](O)CC1CC[C@@H]1[C@@H]2CC[C@]2(C)C(O)[C@@H](N)C[C@@H]12. The zero-order valence-electron chi connectivity index (χ0n) is 14.6. The number of aliphatic hydroxyl groups is 2. The molecule has 6 N–H and O–H groups in total. The molecule has 0 saturated heterocycles. The maximum absolute atomic E-state index is 10.6. The van der Waals surface area contributed by atoms with E-state index in [-0.39, 0.29) is 35.1 Å². The third kappa shape index (κ3) is 2.11. The zero-order chi connectivity index (χ0) is 16.6. The van der Waals surface area contributed by atoms with Crippen molar-refractivity contribution >= 4 is 0 Å². The highest BCUT2D eigenvalue weighted by molar-refractivity contribution is 5.12. The van der Waals surface area contributed by atoms with Crippen LogP contribution in [0.3, 0.4) is 0 Å². The standard InChI is InChI=1S/C19H34N2O2/c1-18-6-5-12-11(13(18)8-14(20)17(18)23)4-3-10-7-16(22)15(21)9-19(10,12)2/h10-17,22-23H,3-9,20-21H2,1-2H3/t10?,11-,12+,13+,14+,15+,16+,17?,18+,19+/m1/s1. The van der Waals surface area contributed by atoms with Crippen molar-refractivity contribution in [2.75, 3.05) is 0 Å². The molecule has 0 heterocycles. The van der Waals surface area contributed by atoms with Crippen LogP contribution in [0.1, 0.15) is 58.8 Å². The van der Waals surface area contributed by atoms with E-state index in [1.165, 1.54) is 19.3 Å². The van der Waals surface area contributed by atoms with Crippen LogP contribution >= 0.6 is 0 Å². The fourth-order valence-corrected chi connectivity index (χ4v) is 7.42. The van der Waals surface area contributed by atoms with E-state index in [1.807, 2.05) is 0 Å². The summed E-state index contributed by atoms with van der Waals surface area (Å²) in [6.45, 7) is 4.71. The van der Waals surface area contributed by atoms with Crippen molar-refractivity contribution in [3.05, 3.63) is 0 Å². The van der Waals surface area contributed by atoms with Crippen molar-refractivity contribution in [2.24, 2.45) is 46.0 Å². The molecule has 0 spiro atoms. The van der Waals surface area contributed by atoms with Gasteiger partial charge in [-0.15, -0.1) is 0 Å². The van der Waals surface area contributed by atoms with Crippen LogP contribution in [0.15, 0.2) is 0 Å². The summed E-state index contributed by atoms with van der Waals surface area (Å²) in [6.07, 6.45) is 6.89. The monoisotopic (exact) mass is 322 g/mol. The Kier molecular flexibility index (Phi) is 3.67. The van der Waals surface area contributed by atoms with E-state index in [4.69, 9.17) is 11.5 Å². The molecular formula is C19H34N2O2. The molecule has 0 aromatic carbocycles. The minimum atomic E-state index is -0.339. The first-order valence-electron chi connectivity index (χ1n) is 9.64. The number of fused-ring (bicyclic) bond motifs is 5. The molecule has 4 saturated carbocycles. The van der Waals surface area contributed by atoms with Gasteiger partial charge in [-0.2, -0.15) is 0 Å². The Morgan fingerprint density at radius 1 is 0.870 bits per heavy atom. The third-order valence-corrected chi connectivity index (χ3v) is 8.81. The van der Waals surface area contributed by atoms with Gasteiger partial charge in [0.25, 0.3) is 0 Å². The van der Waals surface area contributed by atoms with E-state index >= 15 is 0 Å². The van der Waals surface area contributed by atoms with Gasteiger partial charge < -0.3 is 21.7 Å². The molecule has 23 heavy (non-hydrogen) atoms. The van der Waals surface area contributed by atoms with Crippen LogP contribution in [-0.4, -0.2) is 34.5 Å². The topological polar surface area (TPSA) is 92.5 Å². The first kappa shape index (κ1) is 16.3. The Hall–Kier alpha value is -0.160.